The van der Waals surface area contributed by atoms with Gasteiger partial charge in [-0.15, -0.1) is 0 Å². The Morgan fingerprint density at radius 3 is 2.38 bits per heavy atom. The highest BCUT2D eigenvalue weighted by molar-refractivity contribution is 6.38. The zero-order valence-corrected chi connectivity index (χ0v) is 36.4. The van der Waals surface area contributed by atoms with E-state index in [4.69, 9.17) is 9.47 Å². The highest BCUT2D eigenvalue weighted by Crippen LogP contribution is 2.32. The van der Waals surface area contributed by atoms with Crippen LogP contribution in [-0.4, -0.2) is 127 Å². The molecule has 1 aliphatic carbocycles. The number of benzene rings is 2. The van der Waals surface area contributed by atoms with Gasteiger partial charge in [0.25, 0.3) is 5.91 Å². The zero-order valence-electron chi connectivity index (χ0n) is 36.4. The number of ether oxygens (including phenoxy) is 2. The number of ketones is 1. The lowest BCUT2D eigenvalue weighted by Gasteiger charge is -2.35. The molecule has 2 fully saturated rings. The highest BCUT2D eigenvalue weighted by atomic mass is 16.5. The molecule has 0 aromatic heterocycles. The van der Waals surface area contributed by atoms with Crippen molar-refractivity contribution in [3.05, 3.63) is 65.7 Å². The molecule has 0 spiro atoms. The van der Waals surface area contributed by atoms with Gasteiger partial charge in [-0.3, -0.25) is 28.8 Å². The van der Waals surface area contributed by atoms with E-state index in [1.165, 1.54) is 14.7 Å². The van der Waals surface area contributed by atoms with Gasteiger partial charge >= 0.3 is 6.03 Å². The highest BCUT2D eigenvalue weighted by Gasteiger charge is 2.46. The summed E-state index contributed by atoms with van der Waals surface area (Å²) in [6, 6.07) is 11.5. The zero-order chi connectivity index (χ0) is 44.3. The van der Waals surface area contributed by atoms with Crippen LogP contribution < -0.4 is 26.0 Å². The Hall–Kier alpha value is -5.51. The lowest BCUT2D eigenvalue weighted by Crippen LogP contribution is -2.59. The maximum absolute atomic E-state index is 14.8. The van der Waals surface area contributed by atoms with E-state index in [0.29, 0.717) is 30.8 Å². The largest absolute Gasteiger partial charge is 0.493 e. The van der Waals surface area contributed by atoms with Crippen molar-refractivity contribution >= 4 is 41.4 Å². The number of urea groups is 1. The van der Waals surface area contributed by atoms with Crippen LogP contribution in [0.15, 0.2) is 54.6 Å². The van der Waals surface area contributed by atoms with Gasteiger partial charge in [0.05, 0.1) is 30.9 Å². The standard InChI is InChI=1S/C45H63N7O9/c1-7-15-34(39(54)41(56)46-26-36(53)48-37(42(57)50(4)5)30-17-10-8-11-18-30)47-40(55)35-25-33-28-52(35)43(58)38(31-19-12-9-13-20-31)49-44(59)51(6)27-29-16-14-21-32(24-29)60-23-22-45(2,3)61-33/h8,10-11,14,16-18,21,24,31,33-35,37-38H,7,9,12-13,15,19-20,22-23,25-28H2,1-6H3,(H,46,56)(H,47,55)(H,48,53)(H,49,59)/t33-,34+,35?,37+,38+/m1/s1. The molecule has 2 aliphatic heterocycles. The average Bonchev–Trinajstić information content (AvgIpc) is 3.66. The molecule has 16 nitrogen and oxygen atoms in total. The van der Waals surface area contributed by atoms with E-state index < -0.39 is 77.9 Å². The molecule has 2 aromatic carbocycles. The minimum absolute atomic E-state index is 0.0687. The first-order valence-corrected chi connectivity index (χ1v) is 21.5. The number of hydrogen-bond acceptors (Lipinski definition) is 9. The fraction of sp³-hybridized carbons (Fsp3) is 0.578. The number of nitrogens with one attached hydrogen (secondary N) is 4. The molecule has 5 rings (SSSR count). The number of rotatable bonds is 12. The van der Waals surface area contributed by atoms with E-state index in [1.54, 1.807) is 58.4 Å². The molecular formula is C45H63N7O9. The lowest BCUT2D eigenvalue weighted by atomic mass is 9.83. The molecule has 0 radical (unpaired) electrons. The van der Waals surface area contributed by atoms with Crippen LogP contribution in [0.3, 0.4) is 0 Å². The third-order valence-corrected chi connectivity index (χ3v) is 11.6. The van der Waals surface area contributed by atoms with Gasteiger partial charge in [0, 0.05) is 47.1 Å². The van der Waals surface area contributed by atoms with Crippen molar-refractivity contribution in [2.45, 2.75) is 121 Å². The number of nitrogens with zero attached hydrogens (tertiary/aromatic N) is 3. The first-order valence-electron chi connectivity index (χ1n) is 21.5. The second-order valence-electron chi connectivity index (χ2n) is 17.2. The van der Waals surface area contributed by atoms with Gasteiger partial charge in [-0.1, -0.05) is 75.1 Å². The number of Topliss-reactive ketones (excluding diaryl/α,β-unsaturated/α-hetero) is 1. The van der Waals surface area contributed by atoms with E-state index in [2.05, 4.69) is 21.3 Å². The summed E-state index contributed by atoms with van der Waals surface area (Å²) in [6.45, 7) is 5.74. The topological polar surface area (TPSA) is 196 Å². The number of hydrogen-bond donors (Lipinski definition) is 4. The Labute approximate surface area is 358 Å². The normalized spacial score (nSPS) is 22.1. The quantitative estimate of drug-likeness (QED) is 0.232. The van der Waals surface area contributed by atoms with Crippen molar-refractivity contribution < 1.29 is 43.0 Å². The van der Waals surface area contributed by atoms with Crippen LogP contribution in [0.25, 0.3) is 0 Å². The molecule has 5 atom stereocenters. The molecule has 2 aromatic rings. The van der Waals surface area contributed by atoms with Crippen LogP contribution in [0.2, 0.25) is 0 Å². The van der Waals surface area contributed by atoms with Crippen molar-refractivity contribution in [3.8, 4) is 5.75 Å². The number of carbonyl (C=O) groups excluding carboxylic acids is 7. The summed E-state index contributed by atoms with van der Waals surface area (Å²) in [6.07, 6.45) is 4.89. The third kappa shape index (κ3) is 12.8. The summed E-state index contributed by atoms with van der Waals surface area (Å²) in [5, 5.41) is 10.8. The maximum Gasteiger partial charge on any atom is 0.318 e. The Bertz CT molecular complexity index is 1880. The second-order valence-corrected chi connectivity index (χ2v) is 17.2. The second kappa shape index (κ2) is 21.3. The molecule has 3 aliphatic rings. The van der Waals surface area contributed by atoms with Crippen LogP contribution in [-0.2, 0) is 40.0 Å². The summed E-state index contributed by atoms with van der Waals surface area (Å²) in [7, 11) is 4.79. The lowest BCUT2D eigenvalue weighted by molar-refractivity contribution is -0.143. The van der Waals surface area contributed by atoms with Gasteiger partial charge in [-0.2, -0.15) is 0 Å². The fourth-order valence-corrected chi connectivity index (χ4v) is 8.28. The first kappa shape index (κ1) is 46.6. The molecule has 4 N–H and O–H groups in total. The summed E-state index contributed by atoms with van der Waals surface area (Å²) >= 11 is 0. The average molecular weight is 846 g/mol. The molecule has 1 saturated carbocycles. The van der Waals surface area contributed by atoms with Crippen LogP contribution in [0.1, 0.15) is 95.7 Å². The number of carbonyl (C=O) groups is 7. The van der Waals surface area contributed by atoms with Gasteiger partial charge in [0.1, 0.15) is 23.9 Å². The van der Waals surface area contributed by atoms with Gasteiger partial charge in [-0.05, 0) is 62.3 Å². The predicted molar refractivity (Wildman–Crippen MR) is 227 cm³/mol. The van der Waals surface area contributed by atoms with Gasteiger partial charge in [0.2, 0.25) is 29.4 Å². The van der Waals surface area contributed by atoms with Crippen molar-refractivity contribution in [2.75, 3.05) is 40.8 Å². The number of fused-ring (bicyclic) bond motifs is 4. The van der Waals surface area contributed by atoms with Crippen LogP contribution in [0.4, 0.5) is 4.79 Å². The molecule has 7 amide bonds. The Kier molecular flexibility index (Phi) is 16.3. The summed E-state index contributed by atoms with van der Waals surface area (Å²) in [5.74, 6) is -3.66. The summed E-state index contributed by atoms with van der Waals surface area (Å²) in [4.78, 5) is 100. The Morgan fingerprint density at radius 1 is 0.967 bits per heavy atom. The number of amides is 7. The minimum Gasteiger partial charge on any atom is -0.493 e. The molecule has 4 bridgehead atoms. The van der Waals surface area contributed by atoms with Crippen molar-refractivity contribution in [1.29, 1.82) is 0 Å². The Balaban J connectivity index is 1.33. The van der Waals surface area contributed by atoms with Crippen molar-refractivity contribution in [1.82, 2.24) is 36.0 Å². The third-order valence-electron chi connectivity index (χ3n) is 11.6. The minimum atomic E-state index is -1.26. The molecule has 332 valence electrons. The summed E-state index contributed by atoms with van der Waals surface area (Å²) in [5.41, 5.74) is 0.693. The molecular weight excluding hydrogens is 783 g/mol. The smallest absolute Gasteiger partial charge is 0.318 e. The predicted octanol–water partition coefficient (Wildman–Crippen LogP) is 3.24. The fourth-order valence-electron chi connectivity index (χ4n) is 8.28. The van der Waals surface area contributed by atoms with E-state index in [-0.39, 0.29) is 37.8 Å². The van der Waals surface area contributed by atoms with Gasteiger partial charge in [-0.25, -0.2) is 4.79 Å². The maximum atomic E-state index is 14.8. The van der Waals surface area contributed by atoms with E-state index in [1.807, 2.05) is 38.1 Å². The molecule has 1 saturated heterocycles. The van der Waals surface area contributed by atoms with E-state index >= 15 is 0 Å². The van der Waals surface area contributed by atoms with Crippen molar-refractivity contribution in [2.24, 2.45) is 5.92 Å². The molecule has 61 heavy (non-hydrogen) atoms. The first-order chi connectivity index (χ1) is 29.1. The molecule has 2 heterocycles. The number of likely N-dealkylation sites (N-methyl/N-ethyl adjacent to an activating group) is 1. The van der Waals surface area contributed by atoms with Gasteiger partial charge < -0.3 is 45.4 Å². The Morgan fingerprint density at radius 2 is 1.69 bits per heavy atom. The molecule has 1 unspecified atom stereocenters. The van der Waals surface area contributed by atoms with Crippen LogP contribution in [0.5, 0.6) is 5.75 Å². The van der Waals surface area contributed by atoms with Gasteiger partial charge in [0.15, 0.2) is 0 Å². The van der Waals surface area contributed by atoms with Crippen molar-refractivity contribution in [3.63, 3.8) is 0 Å². The van der Waals surface area contributed by atoms with Crippen LogP contribution in [0, 0.1) is 5.92 Å². The van der Waals surface area contributed by atoms with E-state index in [0.717, 1.165) is 37.7 Å². The molecule has 16 heteroatoms. The monoisotopic (exact) mass is 845 g/mol. The van der Waals surface area contributed by atoms with Crippen LogP contribution >= 0.6 is 0 Å². The van der Waals surface area contributed by atoms with E-state index in [9.17, 15) is 33.6 Å². The summed E-state index contributed by atoms with van der Waals surface area (Å²) < 4.78 is 12.7. The SMILES string of the molecule is CCC[C@H](NC(=O)C1C[C@@H]2CN1C(=O)[C@H](C1CCCCC1)NC(=O)N(C)Cc1cccc(c1)OCCC(C)(C)O2)C(=O)C(=O)NCC(=O)N[C@H](C(=O)N(C)C)c1ccccc1.